The Hall–Kier alpha value is -2.11. The summed E-state index contributed by atoms with van der Waals surface area (Å²) in [7, 11) is 4.25. The zero-order chi connectivity index (χ0) is 20.6. The van der Waals surface area contributed by atoms with Gasteiger partial charge < -0.3 is 10.2 Å². The van der Waals surface area contributed by atoms with Crippen LogP contribution in [0.5, 0.6) is 0 Å². The fourth-order valence-corrected chi connectivity index (χ4v) is 4.55. The maximum absolute atomic E-state index is 6.20. The Balaban J connectivity index is 1.76. The number of benzene rings is 1. The monoisotopic (exact) mass is 411 g/mol. The minimum atomic E-state index is 0.142. The lowest BCUT2D eigenvalue weighted by atomic mass is 9.92. The molecule has 1 N–H and O–H groups in total. The lowest BCUT2D eigenvalue weighted by Crippen LogP contribution is -2.35. The van der Waals surface area contributed by atoms with E-state index in [1.807, 2.05) is 28.8 Å². The average molecular weight is 412 g/mol. The summed E-state index contributed by atoms with van der Waals surface area (Å²) >= 11 is 6.20. The van der Waals surface area contributed by atoms with Crippen LogP contribution in [0.3, 0.4) is 0 Å². The Morgan fingerprint density at radius 2 is 1.97 bits per heavy atom. The first kappa shape index (κ1) is 20.2. The Morgan fingerprint density at radius 3 is 2.72 bits per heavy atom. The van der Waals surface area contributed by atoms with E-state index in [-0.39, 0.29) is 5.41 Å². The molecule has 1 aromatic carbocycles. The normalized spacial score (nSPS) is 14.4. The van der Waals surface area contributed by atoms with E-state index in [1.54, 1.807) is 0 Å². The Kier molecular flexibility index (Phi) is 5.54. The van der Waals surface area contributed by atoms with Crippen LogP contribution >= 0.6 is 11.6 Å². The minimum absolute atomic E-state index is 0.142. The molecule has 0 fully saturated rings. The third-order valence-electron chi connectivity index (χ3n) is 5.48. The molecule has 2 heterocycles. The molecule has 3 aromatic rings. The van der Waals surface area contributed by atoms with Gasteiger partial charge in [-0.1, -0.05) is 37.6 Å². The van der Waals surface area contributed by atoms with Crippen molar-refractivity contribution < 1.29 is 0 Å². The van der Waals surface area contributed by atoms with Crippen molar-refractivity contribution in [3.8, 4) is 11.3 Å². The van der Waals surface area contributed by atoms with Gasteiger partial charge in [-0.3, -0.25) is 0 Å². The van der Waals surface area contributed by atoms with Crippen molar-refractivity contribution in [1.29, 1.82) is 0 Å². The molecule has 2 aromatic heterocycles. The quantitative estimate of drug-likeness (QED) is 0.624. The number of rotatable bonds is 6. The second-order valence-electron chi connectivity index (χ2n) is 9.16. The molecule has 0 saturated carbocycles. The second-order valence-corrected chi connectivity index (χ2v) is 9.59. The maximum atomic E-state index is 6.20. The van der Waals surface area contributed by atoms with Crippen LogP contribution in [0.2, 0.25) is 5.02 Å². The summed E-state index contributed by atoms with van der Waals surface area (Å²) in [5.74, 6) is 1.10. The maximum Gasteiger partial charge on any atom is 0.158 e. The molecule has 1 aliphatic carbocycles. The van der Waals surface area contributed by atoms with Gasteiger partial charge in [0.2, 0.25) is 0 Å². The van der Waals surface area contributed by atoms with Gasteiger partial charge in [0, 0.05) is 41.0 Å². The third-order valence-corrected chi connectivity index (χ3v) is 5.71. The van der Waals surface area contributed by atoms with E-state index in [1.165, 1.54) is 24.1 Å². The van der Waals surface area contributed by atoms with E-state index >= 15 is 0 Å². The molecule has 29 heavy (non-hydrogen) atoms. The summed E-state index contributed by atoms with van der Waals surface area (Å²) in [6.45, 7) is 6.49. The molecule has 1 aliphatic rings. The third kappa shape index (κ3) is 4.41. The number of aryl methyl sites for hydroxylation is 1. The highest BCUT2D eigenvalue weighted by molar-refractivity contribution is 6.30. The summed E-state index contributed by atoms with van der Waals surface area (Å²) in [6.07, 6.45) is 4.51. The number of halogens is 1. The van der Waals surface area contributed by atoms with Gasteiger partial charge >= 0.3 is 0 Å². The molecule has 0 atom stereocenters. The number of hydrogen-bond acceptors (Lipinski definition) is 4. The SMILES string of the molecule is CN(C)CC(C)(C)CNc1c2c(nc3cc(-c4cccc(Cl)c4)nn13)CCCC2. The van der Waals surface area contributed by atoms with E-state index in [0.717, 1.165) is 53.7 Å². The van der Waals surface area contributed by atoms with E-state index in [9.17, 15) is 0 Å². The van der Waals surface area contributed by atoms with Gasteiger partial charge in [0.15, 0.2) is 5.65 Å². The number of anilines is 1. The molecule has 0 unspecified atom stereocenters. The number of aromatic nitrogens is 3. The molecular weight excluding hydrogens is 382 g/mol. The van der Waals surface area contributed by atoms with Gasteiger partial charge in [-0.2, -0.15) is 9.61 Å². The largest absolute Gasteiger partial charge is 0.369 e. The van der Waals surface area contributed by atoms with Crippen LogP contribution in [-0.2, 0) is 12.8 Å². The van der Waals surface area contributed by atoms with Crippen molar-refractivity contribution in [3.63, 3.8) is 0 Å². The van der Waals surface area contributed by atoms with Crippen molar-refractivity contribution in [3.05, 3.63) is 46.6 Å². The smallest absolute Gasteiger partial charge is 0.158 e. The Bertz CT molecular complexity index is 1020. The second kappa shape index (κ2) is 7.96. The predicted molar refractivity (Wildman–Crippen MR) is 121 cm³/mol. The molecule has 0 amide bonds. The fourth-order valence-electron chi connectivity index (χ4n) is 4.35. The van der Waals surface area contributed by atoms with E-state index in [4.69, 9.17) is 21.7 Å². The lowest BCUT2D eigenvalue weighted by molar-refractivity contribution is 0.254. The van der Waals surface area contributed by atoms with Crippen LogP contribution in [-0.4, -0.2) is 46.7 Å². The van der Waals surface area contributed by atoms with E-state index < -0.39 is 0 Å². The van der Waals surface area contributed by atoms with E-state index in [0.29, 0.717) is 0 Å². The van der Waals surface area contributed by atoms with Crippen LogP contribution in [0.1, 0.15) is 37.9 Å². The molecule has 4 rings (SSSR count). The van der Waals surface area contributed by atoms with Crippen molar-refractivity contribution in [2.24, 2.45) is 5.41 Å². The van der Waals surface area contributed by atoms with Crippen molar-refractivity contribution >= 4 is 23.1 Å². The van der Waals surface area contributed by atoms with Gasteiger partial charge in [-0.25, -0.2) is 4.98 Å². The molecule has 0 bridgehead atoms. The molecule has 0 spiro atoms. The van der Waals surface area contributed by atoms with Crippen molar-refractivity contribution in [2.75, 3.05) is 32.5 Å². The number of nitrogens with one attached hydrogen (secondary N) is 1. The first-order chi connectivity index (χ1) is 13.8. The standard InChI is InChI=1S/C23H30ClN5/c1-23(2,15-28(3)4)14-25-22-18-10-5-6-11-19(18)26-21-13-20(27-29(21)22)16-8-7-9-17(24)12-16/h7-9,12-13,25H,5-6,10-11,14-15H2,1-4H3. The van der Waals surface area contributed by atoms with Gasteiger partial charge in [-0.05, 0) is 57.3 Å². The number of nitrogens with zero attached hydrogens (tertiary/aromatic N) is 4. The summed E-state index contributed by atoms with van der Waals surface area (Å²) in [6, 6.07) is 9.91. The molecule has 154 valence electrons. The molecule has 5 nitrogen and oxygen atoms in total. The fraction of sp³-hybridized carbons (Fsp3) is 0.478. The highest BCUT2D eigenvalue weighted by Crippen LogP contribution is 2.31. The van der Waals surface area contributed by atoms with Gasteiger partial charge in [-0.15, -0.1) is 0 Å². The summed E-state index contributed by atoms with van der Waals surface area (Å²) in [4.78, 5) is 7.20. The van der Waals surface area contributed by atoms with Gasteiger partial charge in [0.05, 0.1) is 5.69 Å². The van der Waals surface area contributed by atoms with Crippen LogP contribution in [0.4, 0.5) is 5.82 Å². The zero-order valence-electron chi connectivity index (χ0n) is 17.8. The first-order valence-corrected chi connectivity index (χ1v) is 10.8. The molecule has 0 saturated heterocycles. The van der Waals surface area contributed by atoms with Crippen LogP contribution in [0.25, 0.3) is 16.9 Å². The lowest BCUT2D eigenvalue weighted by Gasteiger charge is -2.30. The molecule has 0 aliphatic heterocycles. The van der Waals surface area contributed by atoms with Gasteiger partial charge in [0.1, 0.15) is 5.82 Å². The molecule has 6 heteroatoms. The van der Waals surface area contributed by atoms with E-state index in [2.05, 4.69) is 44.2 Å². The Labute approximate surface area is 178 Å². The molecular formula is C23H30ClN5. The van der Waals surface area contributed by atoms with Crippen LogP contribution < -0.4 is 5.32 Å². The van der Waals surface area contributed by atoms with Crippen molar-refractivity contribution in [2.45, 2.75) is 39.5 Å². The minimum Gasteiger partial charge on any atom is -0.369 e. The highest BCUT2D eigenvalue weighted by atomic mass is 35.5. The van der Waals surface area contributed by atoms with Crippen LogP contribution in [0, 0.1) is 5.41 Å². The number of hydrogen-bond donors (Lipinski definition) is 1. The van der Waals surface area contributed by atoms with Crippen molar-refractivity contribution in [1.82, 2.24) is 19.5 Å². The zero-order valence-corrected chi connectivity index (χ0v) is 18.6. The summed E-state index contributed by atoms with van der Waals surface area (Å²) in [5.41, 5.74) is 5.49. The predicted octanol–water partition coefficient (Wildman–Crippen LogP) is 4.93. The first-order valence-electron chi connectivity index (χ1n) is 10.4. The molecule has 0 radical (unpaired) electrons. The topological polar surface area (TPSA) is 45.5 Å². The average Bonchev–Trinajstić information content (AvgIpc) is 3.08. The number of fused-ring (bicyclic) bond motifs is 2. The summed E-state index contributed by atoms with van der Waals surface area (Å²) in [5, 5.41) is 9.38. The Morgan fingerprint density at radius 1 is 1.17 bits per heavy atom. The van der Waals surface area contributed by atoms with Crippen LogP contribution in [0.15, 0.2) is 30.3 Å². The van der Waals surface area contributed by atoms with Gasteiger partial charge in [0.25, 0.3) is 0 Å². The highest BCUT2D eigenvalue weighted by Gasteiger charge is 2.24. The summed E-state index contributed by atoms with van der Waals surface area (Å²) < 4.78 is 1.99.